The standard InChI is InChI=1S/C16H20FN3O4/c1-15(2,3)16(6-7-21,24-14(19)23)13(22)20-12-5-4-10(9-18)8-11(12)17/h4-5,8,21H,6-7H2,1-3H3,(H2,19,23)(H,20,22)/t16-/m1/s1. The number of aliphatic hydroxyl groups is 1. The smallest absolute Gasteiger partial charge is 0.405 e. The zero-order valence-electron chi connectivity index (χ0n) is 13.7. The van der Waals surface area contributed by atoms with Crippen molar-refractivity contribution in [2.24, 2.45) is 11.1 Å². The van der Waals surface area contributed by atoms with E-state index in [1.165, 1.54) is 12.1 Å². The summed E-state index contributed by atoms with van der Waals surface area (Å²) in [6.45, 7) is 4.43. The minimum absolute atomic E-state index is 0.0938. The van der Waals surface area contributed by atoms with E-state index in [4.69, 9.17) is 15.7 Å². The van der Waals surface area contributed by atoms with Gasteiger partial charge in [-0.3, -0.25) is 4.79 Å². The molecule has 0 radical (unpaired) electrons. The first-order chi connectivity index (χ1) is 11.1. The lowest BCUT2D eigenvalue weighted by atomic mass is 9.73. The molecule has 1 aromatic rings. The Kier molecular flexibility index (Phi) is 5.88. The zero-order valence-corrected chi connectivity index (χ0v) is 13.7. The minimum atomic E-state index is -1.80. The van der Waals surface area contributed by atoms with Gasteiger partial charge in [-0.2, -0.15) is 5.26 Å². The lowest BCUT2D eigenvalue weighted by molar-refractivity contribution is -0.149. The van der Waals surface area contributed by atoms with Crippen LogP contribution in [0, 0.1) is 22.6 Å². The summed E-state index contributed by atoms with van der Waals surface area (Å²) in [4.78, 5) is 24.0. The number of carbonyl (C=O) groups excluding carboxylic acids is 2. The van der Waals surface area contributed by atoms with Gasteiger partial charge in [-0.1, -0.05) is 20.8 Å². The fraction of sp³-hybridized carbons (Fsp3) is 0.438. The largest absolute Gasteiger partial charge is 0.432 e. The van der Waals surface area contributed by atoms with Gasteiger partial charge in [0.1, 0.15) is 5.82 Å². The molecule has 8 heteroatoms. The number of halogens is 1. The van der Waals surface area contributed by atoms with Gasteiger partial charge in [0.25, 0.3) is 5.91 Å². The highest BCUT2D eigenvalue weighted by atomic mass is 19.1. The van der Waals surface area contributed by atoms with E-state index in [-0.39, 0.29) is 17.7 Å². The highest BCUT2D eigenvalue weighted by Gasteiger charge is 2.51. The summed E-state index contributed by atoms with van der Waals surface area (Å²) in [5, 5.41) is 20.4. The van der Waals surface area contributed by atoms with E-state index in [2.05, 4.69) is 5.32 Å². The molecule has 0 bridgehead atoms. The number of hydrogen-bond donors (Lipinski definition) is 3. The van der Waals surface area contributed by atoms with E-state index in [9.17, 15) is 19.1 Å². The molecule has 7 nitrogen and oxygen atoms in total. The Balaban J connectivity index is 3.26. The summed E-state index contributed by atoms with van der Waals surface area (Å²) in [6.07, 6.45) is -1.41. The molecule has 0 aliphatic rings. The van der Waals surface area contributed by atoms with Crippen molar-refractivity contribution in [3.05, 3.63) is 29.6 Å². The summed E-state index contributed by atoms with van der Waals surface area (Å²) in [6, 6.07) is 5.30. The average molecular weight is 337 g/mol. The number of nitrogens with one attached hydrogen (secondary N) is 1. The van der Waals surface area contributed by atoms with Crippen molar-refractivity contribution >= 4 is 17.7 Å². The average Bonchev–Trinajstić information content (AvgIpc) is 2.46. The van der Waals surface area contributed by atoms with Gasteiger partial charge < -0.3 is 20.9 Å². The number of primary amides is 1. The number of amides is 2. The molecule has 0 aromatic heterocycles. The summed E-state index contributed by atoms with van der Waals surface area (Å²) >= 11 is 0. The summed E-state index contributed by atoms with van der Waals surface area (Å²) in [5.41, 5.74) is 2.25. The van der Waals surface area contributed by atoms with Gasteiger partial charge in [0.05, 0.1) is 17.3 Å². The van der Waals surface area contributed by atoms with Crippen LogP contribution in [-0.4, -0.2) is 29.3 Å². The molecule has 0 fully saturated rings. The van der Waals surface area contributed by atoms with Crippen molar-refractivity contribution in [1.82, 2.24) is 0 Å². The van der Waals surface area contributed by atoms with Crippen LogP contribution in [0.3, 0.4) is 0 Å². The van der Waals surface area contributed by atoms with Crippen molar-refractivity contribution in [1.29, 1.82) is 5.26 Å². The molecule has 1 rings (SSSR count). The third-order valence-corrected chi connectivity index (χ3v) is 3.66. The van der Waals surface area contributed by atoms with Crippen LogP contribution in [0.5, 0.6) is 0 Å². The summed E-state index contributed by atoms with van der Waals surface area (Å²) < 4.78 is 19.0. The molecule has 0 saturated carbocycles. The van der Waals surface area contributed by atoms with E-state index < -0.39 is 35.4 Å². The van der Waals surface area contributed by atoms with Crippen LogP contribution in [0.4, 0.5) is 14.9 Å². The number of benzene rings is 1. The highest BCUT2D eigenvalue weighted by molar-refractivity contribution is 5.99. The number of aliphatic hydroxyl groups excluding tert-OH is 1. The van der Waals surface area contributed by atoms with E-state index >= 15 is 0 Å². The number of carbonyl (C=O) groups is 2. The second-order valence-corrected chi connectivity index (χ2v) is 6.23. The van der Waals surface area contributed by atoms with Crippen LogP contribution in [-0.2, 0) is 9.53 Å². The van der Waals surface area contributed by atoms with Gasteiger partial charge in [0.15, 0.2) is 5.60 Å². The maximum atomic E-state index is 14.0. The van der Waals surface area contributed by atoms with Gasteiger partial charge in [-0.25, -0.2) is 9.18 Å². The van der Waals surface area contributed by atoms with Crippen LogP contribution in [0.15, 0.2) is 18.2 Å². The van der Waals surface area contributed by atoms with Crippen molar-refractivity contribution in [3.8, 4) is 6.07 Å². The Morgan fingerprint density at radius 1 is 1.42 bits per heavy atom. The van der Waals surface area contributed by atoms with Gasteiger partial charge in [0, 0.05) is 18.4 Å². The van der Waals surface area contributed by atoms with Crippen molar-refractivity contribution < 1.29 is 23.8 Å². The predicted octanol–water partition coefficient (Wildman–Crippen LogP) is 1.90. The quantitative estimate of drug-likeness (QED) is 0.756. The molecule has 0 saturated heterocycles. The third kappa shape index (κ3) is 4.00. The third-order valence-electron chi connectivity index (χ3n) is 3.66. The topological polar surface area (TPSA) is 125 Å². The number of anilines is 1. The van der Waals surface area contributed by atoms with Crippen LogP contribution in [0.25, 0.3) is 0 Å². The van der Waals surface area contributed by atoms with Gasteiger partial charge >= 0.3 is 6.09 Å². The first-order valence-electron chi connectivity index (χ1n) is 7.18. The van der Waals surface area contributed by atoms with Gasteiger partial charge in [-0.15, -0.1) is 0 Å². The first kappa shape index (κ1) is 19.4. The zero-order chi connectivity index (χ0) is 18.5. The Morgan fingerprint density at radius 3 is 2.46 bits per heavy atom. The Morgan fingerprint density at radius 2 is 2.04 bits per heavy atom. The lowest BCUT2D eigenvalue weighted by Gasteiger charge is -2.41. The SMILES string of the molecule is CC(C)(C)[C@](CCO)(OC(N)=O)C(=O)Nc1ccc(C#N)cc1F. The number of nitrogens with two attached hydrogens (primary N) is 1. The molecule has 1 aromatic carbocycles. The molecule has 0 aliphatic heterocycles. The number of rotatable bonds is 5. The van der Waals surface area contributed by atoms with Crippen molar-refractivity contribution in [2.45, 2.75) is 32.8 Å². The lowest BCUT2D eigenvalue weighted by Crippen LogP contribution is -2.57. The molecular weight excluding hydrogens is 317 g/mol. The number of nitrogens with zero attached hydrogens (tertiary/aromatic N) is 1. The normalized spacial score (nSPS) is 13.5. The fourth-order valence-electron chi connectivity index (χ4n) is 2.32. The Hall–Kier alpha value is -2.66. The molecule has 1 atom stereocenters. The van der Waals surface area contributed by atoms with E-state index in [0.29, 0.717) is 0 Å². The van der Waals surface area contributed by atoms with Gasteiger partial charge in [-0.05, 0) is 18.2 Å². The van der Waals surface area contributed by atoms with Crippen molar-refractivity contribution in [3.63, 3.8) is 0 Å². The summed E-state index contributed by atoms with van der Waals surface area (Å²) in [7, 11) is 0. The van der Waals surface area contributed by atoms with Crippen LogP contribution < -0.4 is 11.1 Å². The molecule has 0 spiro atoms. The molecular formula is C16H20FN3O4. The van der Waals surface area contributed by atoms with E-state index in [0.717, 1.165) is 6.07 Å². The first-order valence-corrected chi connectivity index (χ1v) is 7.18. The Labute approximate surface area is 139 Å². The molecule has 2 amide bonds. The van der Waals surface area contributed by atoms with Crippen LogP contribution >= 0.6 is 0 Å². The number of hydrogen-bond acceptors (Lipinski definition) is 5. The second-order valence-electron chi connectivity index (χ2n) is 6.23. The predicted molar refractivity (Wildman–Crippen MR) is 84.3 cm³/mol. The molecule has 24 heavy (non-hydrogen) atoms. The maximum absolute atomic E-state index is 14.0. The number of nitriles is 1. The molecule has 0 unspecified atom stereocenters. The second kappa shape index (κ2) is 7.27. The Bertz CT molecular complexity index is 679. The van der Waals surface area contributed by atoms with Crippen molar-refractivity contribution in [2.75, 3.05) is 11.9 Å². The van der Waals surface area contributed by atoms with Crippen LogP contribution in [0.1, 0.15) is 32.8 Å². The van der Waals surface area contributed by atoms with Crippen LogP contribution in [0.2, 0.25) is 0 Å². The highest BCUT2D eigenvalue weighted by Crippen LogP contribution is 2.38. The molecule has 4 N–H and O–H groups in total. The van der Waals surface area contributed by atoms with E-state index in [1.54, 1.807) is 26.8 Å². The van der Waals surface area contributed by atoms with E-state index in [1.807, 2.05) is 0 Å². The number of ether oxygens (including phenoxy) is 1. The monoisotopic (exact) mass is 337 g/mol. The maximum Gasteiger partial charge on any atom is 0.405 e. The molecule has 130 valence electrons. The minimum Gasteiger partial charge on any atom is -0.432 e. The molecule has 0 heterocycles. The summed E-state index contributed by atoms with van der Waals surface area (Å²) in [5.74, 6) is -1.64. The molecule has 0 aliphatic carbocycles. The van der Waals surface area contributed by atoms with Gasteiger partial charge in [0.2, 0.25) is 0 Å². The fourth-order valence-corrected chi connectivity index (χ4v) is 2.32.